The molecule has 7 heteroatoms. The van der Waals surface area contributed by atoms with E-state index in [2.05, 4.69) is 19.9 Å². The first-order chi connectivity index (χ1) is 8.81. The van der Waals surface area contributed by atoms with Gasteiger partial charge in [0, 0.05) is 35.9 Å². The number of thiazole rings is 1. The van der Waals surface area contributed by atoms with Crippen molar-refractivity contribution in [2.75, 3.05) is 18.8 Å². The molecule has 0 unspecified atom stereocenters. The molecule has 0 amide bonds. The SMILES string of the molecule is Cl.Nc1ncc(CN2CCC(c3ncc[nH]3)CC2)s1. The predicted molar refractivity (Wildman–Crippen MR) is 79.6 cm³/mol. The molecule has 0 radical (unpaired) electrons. The third-order valence-corrected chi connectivity index (χ3v) is 4.26. The van der Waals surface area contributed by atoms with Crippen LogP contribution in [-0.2, 0) is 6.54 Å². The standard InChI is InChI=1S/C12H17N5S.ClH/c13-12-16-7-10(18-12)8-17-5-1-9(2-6-17)11-14-3-4-15-11;/h3-4,7,9H,1-2,5-6,8H2,(H2,13,16)(H,14,15);1H. The highest BCUT2D eigenvalue weighted by Crippen LogP contribution is 2.27. The molecule has 3 rings (SSSR count). The number of aromatic nitrogens is 3. The quantitative estimate of drug-likeness (QED) is 0.912. The van der Waals surface area contributed by atoms with Crippen LogP contribution in [0.25, 0.3) is 0 Å². The van der Waals surface area contributed by atoms with Crippen LogP contribution < -0.4 is 5.73 Å². The molecule has 0 aromatic carbocycles. The highest BCUT2D eigenvalue weighted by atomic mass is 35.5. The van der Waals surface area contributed by atoms with E-state index in [-0.39, 0.29) is 12.4 Å². The summed E-state index contributed by atoms with van der Waals surface area (Å²) in [5, 5.41) is 0.662. The largest absolute Gasteiger partial charge is 0.375 e. The van der Waals surface area contributed by atoms with Gasteiger partial charge in [0.25, 0.3) is 0 Å². The molecular weight excluding hydrogens is 282 g/mol. The Morgan fingerprint density at radius 3 is 2.74 bits per heavy atom. The lowest BCUT2D eigenvalue weighted by atomic mass is 9.96. The number of nitrogen functional groups attached to an aromatic ring is 1. The van der Waals surface area contributed by atoms with Crippen molar-refractivity contribution in [3.05, 3.63) is 29.3 Å². The molecule has 3 N–H and O–H groups in total. The van der Waals surface area contributed by atoms with Crippen molar-refractivity contribution >= 4 is 28.9 Å². The molecular formula is C12H18ClN5S. The van der Waals surface area contributed by atoms with Gasteiger partial charge >= 0.3 is 0 Å². The highest BCUT2D eigenvalue weighted by molar-refractivity contribution is 7.15. The molecule has 1 aliphatic heterocycles. The van der Waals surface area contributed by atoms with Gasteiger partial charge in [0.15, 0.2) is 5.13 Å². The van der Waals surface area contributed by atoms with Crippen molar-refractivity contribution in [3.63, 3.8) is 0 Å². The molecule has 19 heavy (non-hydrogen) atoms. The van der Waals surface area contributed by atoms with Crippen molar-refractivity contribution in [1.82, 2.24) is 19.9 Å². The number of halogens is 1. The van der Waals surface area contributed by atoms with E-state index in [1.165, 1.54) is 17.7 Å². The van der Waals surface area contributed by atoms with Crippen LogP contribution in [0.5, 0.6) is 0 Å². The van der Waals surface area contributed by atoms with E-state index in [0.29, 0.717) is 11.0 Å². The lowest BCUT2D eigenvalue weighted by Gasteiger charge is -2.30. The van der Waals surface area contributed by atoms with Gasteiger partial charge in [-0.1, -0.05) is 0 Å². The number of aromatic amines is 1. The van der Waals surface area contributed by atoms with Gasteiger partial charge in [-0.2, -0.15) is 0 Å². The number of anilines is 1. The lowest BCUT2D eigenvalue weighted by Crippen LogP contribution is -2.32. The fraction of sp³-hybridized carbons (Fsp3) is 0.500. The minimum atomic E-state index is 0. The summed E-state index contributed by atoms with van der Waals surface area (Å²) in [6.07, 6.45) is 7.96. The maximum Gasteiger partial charge on any atom is 0.180 e. The van der Waals surface area contributed by atoms with Crippen LogP contribution in [0, 0.1) is 0 Å². The van der Waals surface area contributed by atoms with Gasteiger partial charge in [-0.05, 0) is 25.9 Å². The number of hydrogen-bond acceptors (Lipinski definition) is 5. The van der Waals surface area contributed by atoms with Crippen LogP contribution in [0.2, 0.25) is 0 Å². The first-order valence-electron chi connectivity index (χ1n) is 6.23. The first-order valence-corrected chi connectivity index (χ1v) is 7.05. The zero-order valence-corrected chi connectivity index (χ0v) is 12.2. The van der Waals surface area contributed by atoms with Crippen molar-refractivity contribution < 1.29 is 0 Å². The van der Waals surface area contributed by atoms with Gasteiger partial charge in [-0.3, -0.25) is 4.90 Å². The number of nitrogens with one attached hydrogen (secondary N) is 1. The topological polar surface area (TPSA) is 70.8 Å². The van der Waals surface area contributed by atoms with E-state index >= 15 is 0 Å². The van der Waals surface area contributed by atoms with E-state index in [0.717, 1.165) is 25.5 Å². The number of likely N-dealkylation sites (tertiary alicyclic amines) is 1. The average Bonchev–Trinajstić information content (AvgIpc) is 3.02. The highest BCUT2D eigenvalue weighted by Gasteiger charge is 2.22. The van der Waals surface area contributed by atoms with Crippen LogP contribution in [-0.4, -0.2) is 32.9 Å². The van der Waals surface area contributed by atoms with Crippen LogP contribution >= 0.6 is 23.7 Å². The molecule has 0 saturated carbocycles. The van der Waals surface area contributed by atoms with Gasteiger partial charge in [-0.25, -0.2) is 9.97 Å². The van der Waals surface area contributed by atoms with E-state index in [1.54, 1.807) is 11.3 Å². The summed E-state index contributed by atoms with van der Waals surface area (Å²) < 4.78 is 0. The molecule has 2 aromatic heterocycles. The van der Waals surface area contributed by atoms with Crippen LogP contribution in [0.3, 0.4) is 0 Å². The van der Waals surface area contributed by atoms with E-state index in [4.69, 9.17) is 5.73 Å². The number of imidazole rings is 1. The van der Waals surface area contributed by atoms with Crippen molar-refractivity contribution in [3.8, 4) is 0 Å². The van der Waals surface area contributed by atoms with E-state index in [1.807, 2.05) is 18.6 Å². The van der Waals surface area contributed by atoms with Gasteiger partial charge in [0.2, 0.25) is 0 Å². The summed E-state index contributed by atoms with van der Waals surface area (Å²) in [7, 11) is 0. The minimum Gasteiger partial charge on any atom is -0.375 e. The Balaban J connectivity index is 0.00000133. The Kier molecular flexibility index (Phi) is 4.79. The normalized spacial score (nSPS) is 17.3. The molecule has 0 bridgehead atoms. The molecule has 0 atom stereocenters. The number of piperidine rings is 1. The third-order valence-electron chi connectivity index (χ3n) is 3.44. The zero-order valence-electron chi connectivity index (χ0n) is 10.6. The maximum atomic E-state index is 5.65. The lowest BCUT2D eigenvalue weighted by molar-refractivity contribution is 0.203. The smallest absolute Gasteiger partial charge is 0.180 e. The fourth-order valence-electron chi connectivity index (χ4n) is 2.48. The zero-order chi connectivity index (χ0) is 12.4. The summed E-state index contributed by atoms with van der Waals surface area (Å²) in [5.41, 5.74) is 5.65. The third kappa shape index (κ3) is 3.46. The Morgan fingerprint density at radius 2 is 2.16 bits per heavy atom. The van der Waals surface area contributed by atoms with Gasteiger partial charge in [0.05, 0.1) is 0 Å². The minimum absolute atomic E-state index is 0. The van der Waals surface area contributed by atoms with Crippen LogP contribution in [0.4, 0.5) is 5.13 Å². The first kappa shape index (κ1) is 14.3. The van der Waals surface area contributed by atoms with E-state index in [9.17, 15) is 0 Å². The summed E-state index contributed by atoms with van der Waals surface area (Å²) in [5.74, 6) is 1.72. The molecule has 2 aromatic rings. The van der Waals surface area contributed by atoms with Crippen LogP contribution in [0.1, 0.15) is 29.5 Å². The number of rotatable bonds is 3. The number of nitrogens with zero attached hydrogens (tertiary/aromatic N) is 3. The molecule has 1 saturated heterocycles. The number of hydrogen-bond donors (Lipinski definition) is 2. The summed E-state index contributed by atoms with van der Waals surface area (Å²) in [6, 6.07) is 0. The Bertz CT molecular complexity index is 490. The molecule has 104 valence electrons. The second-order valence-electron chi connectivity index (χ2n) is 4.69. The molecule has 0 spiro atoms. The summed E-state index contributed by atoms with van der Waals surface area (Å²) in [4.78, 5) is 15.4. The summed E-state index contributed by atoms with van der Waals surface area (Å²) >= 11 is 1.59. The van der Waals surface area contributed by atoms with E-state index < -0.39 is 0 Å². The predicted octanol–water partition coefficient (Wildman–Crippen LogP) is 2.25. The molecule has 1 aliphatic rings. The second-order valence-corrected chi connectivity index (χ2v) is 5.84. The van der Waals surface area contributed by atoms with Crippen molar-refractivity contribution in [2.24, 2.45) is 0 Å². The molecule has 3 heterocycles. The Hall–Kier alpha value is -1.11. The van der Waals surface area contributed by atoms with Gasteiger partial charge in [-0.15, -0.1) is 23.7 Å². The fourth-order valence-corrected chi connectivity index (χ4v) is 3.21. The van der Waals surface area contributed by atoms with Gasteiger partial charge < -0.3 is 10.7 Å². The molecule has 1 fully saturated rings. The monoisotopic (exact) mass is 299 g/mol. The second kappa shape index (κ2) is 6.36. The summed E-state index contributed by atoms with van der Waals surface area (Å²) in [6.45, 7) is 3.20. The number of nitrogens with two attached hydrogens (primary N) is 1. The van der Waals surface area contributed by atoms with Crippen molar-refractivity contribution in [2.45, 2.75) is 25.3 Å². The molecule has 0 aliphatic carbocycles. The van der Waals surface area contributed by atoms with Crippen molar-refractivity contribution in [1.29, 1.82) is 0 Å². The Labute approximate surface area is 122 Å². The maximum absolute atomic E-state index is 5.65. The average molecular weight is 300 g/mol. The number of H-pyrrole nitrogens is 1. The van der Waals surface area contributed by atoms with Gasteiger partial charge in [0.1, 0.15) is 5.82 Å². The Morgan fingerprint density at radius 1 is 1.37 bits per heavy atom. The molecule has 5 nitrogen and oxygen atoms in total. The van der Waals surface area contributed by atoms with Crippen LogP contribution in [0.15, 0.2) is 18.6 Å².